The van der Waals surface area contributed by atoms with E-state index in [1.165, 1.54) is 11.3 Å². The van der Waals surface area contributed by atoms with Crippen molar-refractivity contribution >= 4 is 28.8 Å². The zero-order valence-corrected chi connectivity index (χ0v) is 14.9. The largest absolute Gasteiger partial charge is 0.389 e. The Balaban J connectivity index is 2.24. The van der Waals surface area contributed by atoms with Gasteiger partial charge in [-0.15, -0.1) is 0 Å². The van der Waals surface area contributed by atoms with Crippen LogP contribution in [0, 0.1) is 0 Å². The molecule has 0 aliphatic carbocycles. The van der Waals surface area contributed by atoms with Crippen molar-refractivity contribution in [2.24, 2.45) is 0 Å². The number of amides is 2. The van der Waals surface area contributed by atoms with Crippen molar-refractivity contribution in [3.8, 4) is 0 Å². The summed E-state index contributed by atoms with van der Waals surface area (Å²) >= 11 is 1.44. The normalized spacial score (nSPS) is 11.2. The molecule has 2 aromatic rings. The van der Waals surface area contributed by atoms with Crippen LogP contribution in [0.3, 0.4) is 0 Å². The minimum Gasteiger partial charge on any atom is -0.389 e. The second kappa shape index (κ2) is 7.59. The van der Waals surface area contributed by atoms with Crippen LogP contribution in [0.1, 0.15) is 41.5 Å². The Labute approximate surface area is 145 Å². The van der Waals surface area contributed by atoms with Gasteiger partial charge in [0.25, 0.3) is 11.8 Å². The summed E-state index contributed by atoms with van der Waals surface area (Å²) < 4.78 is 0. The summed E-state index contributed by atoms with van der Waals surface area (Å²) in [6.07, 6.45) is 0. The van der Waals surface area contributed by atoms with Gasteiger partial charge in [-0.1, -0.05) is 12.1 Å². The zero-order valence-electron chi connectivity index (χ0n) is 14.1. The van der Waals surface area contributed by atoms with Gasteiger partial charge in [0.15, 0.2) is 0 Å². The average molecular weight is 346 g/mol. The summed E-state index contributed by atoms with van der Waals surface area (Å²) in [5, 5.41) is 16.4. The monoisotopic (exact) mass is 346 g/mol. The number of carbonyl (C=O) groups is 2. The van der Waals surface area contributed by atoms with Crippen molar-refractivity contribution in [3.05, 3.63) is 52.2 Å². The molecule has 0 aliphatic rings. The molecule has 1 aromatic heterocycles. The molecule has 2 N–H and O–H groups in total. The van der Waals surface area contributed by atoms with Crippen molar-refractivity contribution in [1.82, 2.24) is 4.90 Å². The van der Waals surface area contributed by atoms with E-state index >= 15 is 0 Å². The number of aliphatic hydroxyl groups is 1. The number of hydrogen-bond donors (Lipinski definition) is 2. The van der Waals surface area contributed by atoms with Gasteiger partial charge in [-0.05, 0) is 44.4 Å². The van der Waals surface area contributed by atoms with Gasteiger partial charge in [-0.25, -0.2) is 0 Å². The molecule has 0 spiro atoms. The second-order valence-electron chi connectivity index (χ2n) is 6.14. The summed E-state index contributed by atoms with van der Waals surface area (Å²) in [6.45, 7) is 5.86. The fraction of sp³-hybridized carbons (Fsp3) is 0.333. The summed E-state index contributed by atoms with van der Waals surface area (Å²) in [7, 11) is 0. The number of carbonyl (C=O) groups excluding carboxylic acids is 2. The first-order valence-electron chi connectivity index (χ1n) is 7.76. The lowest BCUT2D eigenvalue weighted by atomic mass is 10.1. The Morgan fingerprint density at radius 1 is 1.25 bits per heavy atom. The summed E-state index contributed by atoms with van der Waals surface area (Å²) in [4.78, 5) is 26.6. The first-order chi connectivity index (χ1) is 11.3. The van der Waals surface area contributed by atoms with Crippen LogP contribution >= 0.6 is 11.3 Å². The lowest BCUT2D eigenvalue weighted by Gasteiger charge is -2.28. The fourth-order valence-corrected chi connectivity index (χ4v) is 2.97. The minimum atomic E-state index is -0.986. The minimum absolute atomic E-state index is 0.217. The third kappa shape index (κ3) is 4.66. The van der Waals surface area contributed by atoms with Gasteiger partial charge >= 0.3 is 0 Å². The molecule has 6 heteroatoms. The van der Waals surface area contributed by atoms with Gasteiger partial charge in [-0.2, -0.15) is 11.3 Å². The molecule has 0 atom stereocenters. The van der Waals surface area contributed by atoms with E-state index in [9.17, 15) is 14.7 Å². The lowest BCUT2D eigenvalue weighted by molar-refractivity contribution is 0.0315. The highest BCUT2D eigenvalue weighted by Crippen LogP contribution is 2.20. The fourth-order valence-electron chi connectivity index (χ4n) is 2.33. The van der Waals surface area contributed by atoms with Crippen molar-refractivity contribution in [1.29, 1.82) is 0 Å². The molecule has 0 saturated carbocycles. The second-order valence-corrected chi connectivity index (χ2v) is 6.92. The van der Waals surface area contributed by atoms with Gasteiger partial charge in [0.2, 0.25) is 0 Å². The highest BCUT2D eigenvalue weighted by Gasteiger charge is 2.24. The van der Waals surface area contributed by atoms with Gasteiger partial charge in [0, 0.05) is 18.5 Å². The van der Waals surface area contributed by atoms with Crippen molar-refractivity contribution in [3.63, 3.8) is 0 Å². The van der Waals surface area contributed by atoms with Crippen LogP contribution in [0.2, 0.25) is 0 Å². The highest BCUT2D eigenvalue weighted by molar-refractivity contribution is 7.08. The molecule has 1 aromatic carbocycles. The highest BCUT2D eigenvalue weighted by atomic mass is 32.1. The van der Waals surface area contributed by atoms with E-state index < -0.39 is 5.60 Å². The number of thiophene rings is 1. The number of rotatable bonds is 6. The van der Waals surface area contributed by atoms with Crippen molar-refractivity contribution < 1.29 is 14.7 Å². The molecule has 0 aliphatic heterocycles. The van der Waals surface area contributed by atoms with Gasteiger partial charge in [0.1, 0.15) is 0 Å². The van der Waals surface area contributed by atoms with Crippen LogP contribution < -0.4 is 5.32 Å². The van der Waals surface area contributed by atoms with Gasteiger partial charge in [0.05, 0.1) is 22.4 Å². The van der Waals surface area contributed by atoms with E-state index in [0.29, 0.717) is 23.4 Å². The number of nitrogens with zero attached hydrogens (tertiary/aromatic N) is 1. The van der Waals surface area contributed by atoms with Crippen molar-refractivity contribution in [2.75, 3.05) is 18.4 Å². The Morgan fingerprint density at radius 2 is 1.96 bits per heavy atom. The van der Waals surface area contributed by atoms with Crippen LogP contribution in [0.5, 0.6) is 0 Å². The first-order valence-corrected chi connectivity index (χ1v) is 8.70. The molecular formula is C18H22N2O3S. The Hall–Kier alpha value is -2.18. The number of para-hydroxylation sites is 1. The molecule has 2 amide bonds. The lowest BCUT2D eigenvalue weighted by Crippen LogP contribution is -2.42. The molecule has 1 heterocycles. The smallest absolute Gasteiger partial charge is 0.256 e. The topological polar surface area (TPSA) is 69.6 Å². The number of hydrogen-bond acceptors (Lipinski definition) is 4. The maximum atomic E-state index is 12.8. The SMILES string of the molecule is CCN(CC(C)(C)O)C(=O)c1ccccc1NC(=O)c1ccsc1. The zero-order chi connectivity index (χ0) is 17.7. The van der Waals surface area contributed by atoms with E-state index in [2.05, 4.69) is 5.32 Å². The van der Waals surface area contributed by atoms with E-state index in [1.807, 2.05) is 12.3 Å². The molecule has 0 unspecified atom stereocenters. The molecule has 5 nitrogen and oxygen atoms in total. The molecule has 0 saturated heterocycles. The maximum Gasteiger partial charge on any atom is 0.256 e. The van der Waals surface area contributed by atoms with E-state index in [4.69, 9.17) is 0 Å². The molecular weight excluding hydrogens is 324 g/mol. The van der Waals surface area contributed by atoms with E-state index in [1.54, 1.807) is 54.5 Å². The van der Waals surface area contributed by atoms with Crippen LogP contribution in [-0.2, 0) is 0 Å². The predicted octanol–water partition coefficient (Wildman–Crippen LogP) is 3.23. The molecule has 0 bridgehead atoms. The number of anilines is 1. The quantitative estimate of drug-likeness (QED) is 0.844. The molecule has 0 radical (unpaired) electrons. The average Bonchev–Trinajstić information content (AvgIpc) is 3.06. The van der Waals surface area contributed by atoms with Gasteiger partial charge < -0.3 is 15.3 Å². The third-order valence-corrected chi connectivity index (χ3v) is 4.12. The summed E-state index contributed by atoms with van der Waals surface area (Å²) in [6, 6.07) is 8.64. The Kier molecular flexibility index (Phi) is 5.75. The van der Waals surface area contributed by atoms with Gasteiger partial charge in [-0.3, -0.25) is 9.59 Å². The van der Waals surface area contributed by atoms with Crippen LogP contribution in [0.15, 0.2) is 41.1 Å². The first kappa shape index (κ1) is 18.2. The number of likely N-dealkylation sites (N-methyl/N-ethyl adjacent to an activating group) is 1. The Bertz CT molecular complexity index is 705. The maximum absolute atomic E-state index is 12.8. The third-order valence-electron chi connectivity index (χ3n) is 3.44. The van der Waals surface area contributed by atoms with Crippen LogP contribution in [0.25, 0.3) is 0 Å². The molecule has 24 heavy (non-hydrogen) atoms. The van der Waals surface area contributed by atoms with E-state index in [-0.39, 0.29) is 18.4 Å². The van der Waals surface area contributed by atoms with Crippen LogP contribution in [0.4, 0.5) is 5.69 Å². The number of nitrogens with one attached hydrogen (secondary N) is 1. The predicted molar refractivity (Wildman–Crippen MR) is 96.6 cm³/mol. The van der Waals surface area contributed by atoms with E-state index in [0.717, 1.165) is 0 Å². The summed E-state index contributed by atoms with van der Waals surface area (Å²) in [5.41, 5.74) is 0.451. The molecule has 0 fully saturated rings. The standard InChI is InChI=1S/C18H22N2O3S/c1-4-20(12-18(2,3)23)17(22)14-7-5-6-8-15(14)19-16(21)13-9-10-24-11-13/h5-11,23H,4,12H2,1-3H3,(H,19,21). The number of benzene rings is 1. The Morgan fingerprint density at radius 3 is 2.54 bits per heavy atom. The molecule has 128 valence electrons. The molecule has 2 rings (SSSR count). The van der Waals surface area contributed by atoms with Crippen LogP contribution in [-0.4, -0.2) is 40.5 Å². The summed E-state index contributed by atoms with van der Waals surface area (Å²) in [5.74, 6) is -0.470. The van der Waals surface area contributed by atoms with Crippen molar-refractivity contribution in [2.45, 2.75) is 26.4 Å².